The number of rotatable bonds is 3. The molecule has 0 atom stereocenters. The molecule has 2 aromatic rings. The number of ether oxygens (including phenoxy) is 1. The highest BCUT2D eigenvalue weighted by Crippen LogP contribution is 2.34. The standard InChI is InChI=1S/C14H10Br2O2S/c15-10-3-8-1-2-18-14(8)9(4-10)5-12(17)13-6-11(16)7-19-13/h3-4,6-7H,1-2,5H2. The zero-order valence-electron chi connectivity index (χ0n) is 9.91. The first-order valence-electron chi connectivity index (χ1n) is 5.85. The van der Waals surface area contributed by atoms with Crippen LogP contribution in [0.25, 0.3) is 0 Å². The van der Waals surface area contributed by atoms with E-state index in [0.717, 1.165) is 31.6 Å². The van der Waals surface area contributed by atoms with E-state index in [4.69, 9.17) is 4.74 Å². The van der Waals surface area contributed by atoms with E-state index < -0.39 is 0 Å². The summed E-state index contributed by atoms with van der Waals surface area (Å²) in [5.41, 5.74) is 2.15. The number of halogens is 2. The first kappa shape index (κ1) is 13.3. The number of hydrogen-bond acceptors (Lipinski definition) is 3. The quantitative estimate of drug-likeness (QED) is 0.700. The highest BCUT2D eigenvalue weighted by molar-refractivity contribution is 9.10. The normalized spacial score (nSPS) is 13.2. The van der Waals surface area contributed by atoms with Gasteiger partial charge in [-0.15, -0.1) is 11.3 Å². The molecule has 1 aliphatic rings. The minimum absolute atomic E-state index is 0.131. The molecule has 98 valence electrons. The van der Waals surface area contributed by atoms with Gasteiger partial charge in [0.2, 0.25) is 0 Å². The monoisotopic (exact) mass is 400 g/mol. The second kappa shape index (κ2) is 5.38. The summed E-state index contributed by atoms with van der Waals surface area (Å²) in [5, 5.41) is 1.93. The van der Waals surface area contributed by atoms with Crippen molar-refractivity contribution in [1.29, 1.82) is 0 Å². The van der Waals surface area contributed by atoms with E-state index in [0.29, 0.717) is 13.0 Å². The highest BCUT2D eigenvalue weighted by Gasteiger charge is 2.20. The Labute approximate surface area is 132 Å². The Morgan fingerprint density at radius 1 is 1.26 bits per heavy atom. The molecule has 2 nitrogen and oxygen atoms in total. The predicted molar refractivity (Wildman–Crippen MR) is 83.4 cm³/mol. The minimum atomic E-state index is 0.131. The number of ketones is 1. The number of hydrogen-bond donors (Lipinski definition) is 0. The third kappa shape index (κ3) is 2.78. The lowest BCUT2D eigenvalue weighted by molar-refractivity contribution is 0.0996. The Balaban J connectivity index is 1.90. The molecule has 3 rings (SSSR count). The first-order valence-corrected chi connectivity index (χ1v) is 8.31. The molecule has 0 spiro atoms. The molecule has 0 aliphatic carbocycles. The summed E-state index contributed by atoms with van der Waals surface area (Å²) in [6.45, 7) is 0.706. The number of fused-ring (bicyclic) bond motifs is 1. The molecule has 0 radical (unpaired) electrons. The van der Waals surface area contributed by atoms with Gasteiger partial charge < -0.3 is 4.74 Å². The minimum Gasteiger partial charge on any atom is -0.493 e. The molecule has 1 aliphatic heterocycles. The van der Waals surface area contributed by atoms with Crippen LogP contribution >= 0.6 is 43.2 Å². The zero-order chi connectivity index (χ0) is 13.4. The topological polar surface area (TPSA) is 26.3 Å². The van der Waals surface area contributed by atoms with Gasteiger partial charge in [-0.3, -0.25) is 4.79 Å². The van der Waals surface area contributed by atoms with E-state index >= 15 is 0 Å². The lowest BCUT2D eigenvalue weighted by Crippen LogP contribution is -2.03. The summed E-state index contributed by atoms with van der Waals surface area (Å²) < 4.78 is 7.61. The molecule has 0 fully saturated rings. The first-order chi connectivity index (χ1) is 9.13. The molecular weight excluding hydrogens is 392 g/mol. The maximum atomic E-state index is 12.3. The van der Waals surface area contributed by atoms with Crippen molar-refractivity contribution in [2.45, 2.75) is 12.8 Å². The summed E-state index contributed by atoms with van der Waals surface area (Å²) in [5.74, 6) is 1.03. The second-order valence-electron chi connectivity index (χ2n) is 4.38. The SMILES string of the molecule is O=C(Cc1cc(Br)cc2c1OCC2)c1cc(Br)cs1. The van der Waals surface area contributed by atoms with Crippen molar-refractivity contribution < 1.29 is 9.53 Å². The Hall–Kier alpha value is -0.650. The van der Waals surface area contributed by atoms with Crippen molar-refractivity contribution >= 4 is 49.0 Å². The van der Waals surface area contributed by atoms with Gasteiger partial charge in [-0.2, -0.15) is 0 Å². The van der Waals surface area contributed by atoms with Crippen LogP contribution in [0, 0.1) is 0 Å². The molecule has 5 heteroatoms. The van der Waals surface area contributed by atoms with Crippen LogP contribution in [-0.2, 0) is 12.8 Å². The van der Waals surface area contributed by atoms with E-state index in [2.05, 4.69) is 37.9 Å². The molecule has 1 aromatic carbocycles. The molecule has 0 bridgehead atoms. The number of benzene rings is 1. The summed E-state index contributed by atoms with van der Waals surface area (Å²) in [6.07, 6.45) is 1.30. The fourth-order valence-corrected chi connectivity index (χ4v) is 4.12. The van der Waals surface area contributed by atoms with Gasteiger partial charge in [-0.1, -0.05) is 15.9 Å². The van der Waals surface area contributed by atoms with Crippen molar-refractivity contribution in [3.05, 3.63) is 48.5 Å². The van der Waals surface area contributed by atoms with Crippen LogP contribution in [0.2, 0.25) is 0 Å². The Morgan fingerprint density at radius 3 is 2.84 bits per heavy atom. The number of thiophene rings is 1. The summed E-state index contributed by atoms with van der Waals surface area (Å²) in [4.78, 5) is 13.0. The van der Waals surface area contributed by atoms with Gasteiger partial charge in [0.25, 0.3) is 0 Å². The molecule has 1 aromatic heterocycles. The van der Waals surface area contributed by atoms with Crippen LogP contribution in [0.1, 0.15) is 20.8 Å². The zero-order valence-corrected chi connectivity index (χ0v) is 13.9. The van der Waals surface area contributed by atoms with Gasteiger partial charge >= 0.3 is 0 Å². The lowest BCUT2D eigenvalue weighted by Gasteiger charge is -2.08. The molecule has 0 N–H and O–H groups in total. The average molecular weight is 402 g/mol. The number of Topliss-reactive ketones (excluding diaryl/α,β-unsaturated/α-hetero) is 1. The summed E-state index contributed by atoms with van der Waals surface area (Å²) in [6, 6.07) is 5.91. The highest BCUT2D eigenvalue weighted by atomic mass is 79.9. The van der Waals surface area contributed by atoms with Crippen LogP contribution in [-0.4, -0.2) is 12.4 Å². The van der Waals surface area contributed by atoms with Crippen LogP contribution in [0.5, 0.6) is 5.75 Å². The van der Waals surface area contributed by atoms with E-state index in [1.54, 1.807) is 0 Å². The van der Waals surface area contributed by atoms with E-state index in [1.807, 2.05) is 17.5 Å². The van der Waals surface area contributed by atoms with Crippen molar-refractivity contribution in [1.82, 2.24) is 0 Å². The largest absolute Gasteiger partial charge is 0.493 e. The second-order valence-corrected chi connectivity index (χ2v) is 7.12. The third-order valence-corrected chi connectivity index (χ3v) is 5.21. The number of carbonyl (C=O) groups excluding carboxylic acids is 1. The van der Waals surface area contributed by atoms with E-state index in [-0.39, 0.29) is 5.78 Å². The van der Waals surface area contributed by atoms with Gasteiger partial charge in [0.05, 0.1) is 11.5 Å². The van der Waals surface area contributed by atoms with Gasteiger partial charge in [-0.05, 0) is 39.7 Å². The Bertz CT molecular complexity index is 649. The third-order valence-electron chi connectivity index (χ3n) is 3.02. The lowest BCUT2D eigenvalue weighted by atomic mass is 10.0. The van der Waals surface area contributed by atoms with Gasteiger partial charge in [0, 0.05) is 32.7 Å². The van der Waals surface area contributed by atoms with E-state index in [9.17, 15) is 4.79 Å². The van der Waals surface area contributed by atoms with E-state index in [1.165, 1.54) is 16.9 Å². The molecule has 0 saturated heterocycles. The Morgan fingerprint density at radius 2 is 2.11 bits per heavy atom. The Kier molecular flexibility index (Phi) is 3.78. The van der Waals surface area contributed by atoms with Crippen molar-refractivity contribution in [2.75, 3.05) is 6.61 Å². The van der Waals surface area contributed by atoms with Crippen molar-refractivity contribution in [2.24, 2.45) is 0 Å². The number of carbonyl (C=O) groups is 1. The van der Waals surface area contributed by atoms with Gasteiger partial charge in [0.1, 0.15) is 5.75 Å². The van der Waals surface area contributed by atoms with Gasteiger partial charge in [-0.25, -0.2) is 0 Å². The summed E-state index contributed by atoms with van der Waals surface area (Å²) >= 11 is 8.33. The fraction of sp³-hybridized carbons (Fsp3) is 0.214. The van der Waals surface area contributed by atoms with Crippen LogP contribution in [0.3, 0.4) is 0 Å². The maximum Gasteiger partial charge on any atom is 0.177 e. The maximum absolute atomic E-state index is 12.3. The van der Waals surface area contributed by atoms with Crippen LogP contribution < -0.4 is 4.74 Å². The smallest absolute Gasteiger partial charge is 0.177 e. The molecule has 0 saturated carbocycles. The molecule has 0 unspecified atom stereocenters. The molecular formula is C14H10Br2O2S. The fourth-order valence-electron chi connectivity index (χ4n) is 2.20. The van der Waals surface area contributed by atoms with Gasteiger partial charge in [0.15, 0.2) is 5.78 Å². The molecule has 0 amide bonds. The molecule has 2 heterocycles. The molecule has 19 heavy (non-hydrogen) atoms. The predicted octanol–water partition coefficient (Wildman–Crippen LogP) is 4.63. The van der Waals surface area contributed by atoms with Crippen molar-refractivity contribution in [3.8, 4) is 5.75 Å². The summed E-state index contributed by atoms with van der Waals surface area (Å²) in [7, 11) is 0. The van der Waals surface area contributed by atoms with Crippen LogP contribution in [0.4, 0.5) is 0 Å². The average Bonchev–Trinajstić information content (AvgIpc) is 2.97. The van der Waals surface area contributed by atoms with Crippen LogP contribution in [0.15, 0.2) is 32.5 Å². The van der Waals surface area contributed by atoms with Crippen molar-refractivity contribution in [3.63, 3.8) is 0 Å².